The fourth-order valence-electron chi connectivity index (χ4n) is 23.8. The first-order valence-corrected chi connectivity index (χ1v) is 47.1. The van der Waals surface area contributed by atoms with Crippen LogP contribution in [0.2, 0.25) is 0 Å². The van der Waals surface area contributed by atoms with Crippen LogP contribution in [0.5, 0.6) is 0 Å². The van der Waals surface area contributed by atoms with Gasteiger partial charge < -0.3 is 0 Å². The quantitative estimate of drug-likeness (QED) is 0.129. The van der Waals surface area contributed by atoms with E-state index in [1.165, 1.54) is 117 Å². The lowest BCUT2D eigenvalue weighted by molar-refractivity contribution is 1.22. The molecule has 0 aliphatic heterocycles. The molecule has 145 heavy (non-hydrogen) atoms. The number of nitrogens with zero attached hydrogens (tertiary/aromatic N) is 20. The zero-order chi connectivity index (χ0) is 91.2. The van der Waals surface area contributed by atoms with Crippen LogP contribution in [0.25, 0.3) is 248 Å². The van der Waals surface area contributed by atoms with Crippen LogP contribution in [0, 0.1) is 0 Å². The van der Waals surface area contributed by atoms with Crippen molar-refractivity contribution >= 4 is 192 Å². The van der Waals surface area contributed by atoms with Gasteiger partial charge in [-0.2, -0.15) is 0 Å². The average molecular weight is 1870 g/mol. The average Bonchev–Trinajstić information content (AvgIpc) is 1.57. The van der Waals surface area contributed by atoms with Crippen LogP contribution in [0.1, 0.15) is 92.8 Å². The second-order valence-corrected chi connectivity index (χ2v) is 36.9. The molecule has 0 saturated carbocycles. The molecule has 0 atom stereocenters. The number of benzene rings is 10. The van der Waals surface area contributed by atoms with E-state index in [1.54, 1.807) is 0 Å². The molecule has 0 unspecified atom stereocenters. The number of aromatic nitrogens is 20. The van der Waals surface area contributed by atoms with Crippen molar-refractivity contribution in [2.75, 3.05) is 0 Å². The molecule has 0 saturated heterocycles. The minimum atomic E-state index is 0. The van der Waals surface area contributed by atoms with E-state index in [0.717, 1.165) is 219 Å². The molecule has 0 amide bonds. The molecule has 20 aromatic heterocycles. The van der Waals surface area contributed by atoms with Gasteiger partial charge in [-0.05, 0) is 230 Å². The van der Waals surface area contributed by atoms with Crippen LogP contribution < -0.4 is 0 Å². The minimum absolute atomic E-state index is 0. The van der Waals surface area contributed by atoms with Crippen molar-refractivity contribution in [1.82, 2.24) is 96.8 Å². The number of hydrogen-bond acceptors (Lipinski definition) is 15. The van der Waals surface area contributed by atoms with Crippen LogP contribution in [0.4, 0.5) is 0 Å². The summed E-state index contributed by atoms with van der Waals surface area (Å²) in [4.78, 5) is 70.8. The van der Waals surface area contributed by atoms with E-state index in [0.29, 0.717) is 0 Å². The predicted molar refractivity (Wildman–Crippen MR) is 591 cm³/mol. The molecule has 0 N–H and O–H groups in total. The molecule has 20 nitrogen and oxygen atoms in total. The largest absolute Gasteiger partial charge is 0.290 e. The molecule has 5 aliphatic rings. The Hall–Kier alpha value is -19.0. The second kappa shape index (κ2) is 33.1. The Morgan fingerprint density at radius 2 is 0.414 bits per heavy atom. The zero-order valence-electron chi connectivity index (χ0n) is 74.6. The number of hydrogen-bond donors (Lipinski definition) is 0. The van der Waals surface area contributed by atoms with E-state index in [2.05, 4.69) is 305 Å². The maximum absolute atomic E-state index is 5.17. The Kier molecular flexibility index (Phi) is 19.7. The van der Waals surface area contributed by atoms with Crippen molar-refractivity contribution in [2.45, 2.75) is 69.2 Å². The van der Waals surface area contributed by atoms with E-state index >= 15 is 0 Å². The van der Waals surface area contributed by atoms with E-state index in [1.807, 2.05) is 123 Å². The predicted octanol–water partition coefficient (Wildman–Crippen LogP) is 29.0. The summed E-state index contributed by atoms with van der Waals surface area (Å²) in [6.07, 6.45) is 34.8. The summed E-state index contributed by atoms with van der Waals surface area (Å²) in [5.41, 5.74) is 48.8. The summed E-state index contributed by atoms with van der Waals surface area (Å²) in [6.45, 7) is 0. The van der Waals surface area contributed by atoms with Gasteiger partial charge in [-0.15, -0.1) is 0 Å². The highest BCUT2D eigenvalue weighted by Gasteiger charge is 2.32. The molecule has 5 aliphatic carbocycles. The molecule has 0 fully saturated rings. The lowest BCUT2D eigenvalue weighted by Gasteiger charge is -2.08. The van der Waals surface area contributed by atoms with E-state index in [-0.39, 0.29) is 37.1 Å². The number of fused-ring (bicyclic) bond motifs is 60. The Labute approximate surface area is 830 Å². The van der Waals surface area contributed by atoms with Gasteiger partial charge in [0.15, 0.2) is 5.65 Å². The molecule has 0 spiro atoms. The summed E-state index contributed by atoms with van der Waals surface area (Å²) in [5, 5.41) is 14.4. The van der Waals surface area contributed by atoms with Crippen molar-refractivity contribution in [3.8, 4) is 55.6 Å². The summed E-state index contributed by atoms with van der Waals surface area (Å²) in [6, 6.07) is 94.2. The normalized spacial score (nSPS) is 12.4. The zero-order valence-corrected chi connectivity index (χ0v) is 74.6. The van der Waals surface area contributed by atoms with Gasteiger partial charge in [0.2, 0.25) is 0 Å². The Bertz CT molecular complexity index is 9380. The fourth-order valence-corrected chi connectivity index (χ4v) is 23.8. The SMILES string of the molecule is C.C.C.C.C.c1ccc2c(c1)Cc1ccc3c(nc4c5cccnc5c5cccnc5n34)c1-2.c1ccc2c(c1)Cc1ccc3c(nc4c5ccncc5c5cccnc5n34)c1-2.c1ccc2c(c1)Cc1ccc3c(nc4c5ccncc5c5ccncc5n34)c1-2.c1ccc2c(c1)Cc1ccc3c(nc4c5cnccc5c5ccncc5n34)c1-2.c1ccc2c(c1)Cc1ccc3c(nc4c5ncccc5c5ccncc5n34)c1-2. The number of rotatable bonds is 0. The van der Waals surface area contributed by atoms with Crippen molar-refractivity contribution in [2.24, 2.45) is 0 Å². The smallest absolute Gasteiger partial charge is 0.165 e. The standard InChI is InChI=1S/5C24H14N4.5CH4/c1-2-6-16-14(5-1)13-15-9-10-19-22(20(15)16)27-24-18-8-3-11-25-21(18)17-7-4-12-26-23(17)28(19)24;1-2-5-16-14(4-1)12-15-7-8-19-23(21(15)16)27-24-22-18(6-3-10-26-22)17-9-11-25-13-20(17)28(19)24;1-2-5-16-14(4-1)12-15-7-8-20-22(21(15)16)27-24-18-9-11-25-13-19(18)17-6-3-10-26-23(17)28(20)24;1-2-4-16-14(3-1)11-15-5-6-20-23(22(15)16)27-24-18-8-10-25-12-19(18)17-7-9-26-13-21(17)28(20)24;1-2-4-16-14(3-1)11-15-5-6-20-23(22(15)16)27-24-19-12-25-9-7-17(19)18-8-10-26-13-21(18)28(20)24;;;;;/h1-12H,13H2;2*1-11,13H,12H2;2*1-10,12-13H,11H2;5*1H4. The van der Waals surface area contributed by atoms with Crippen molar-refractivity contribution in [1.29, 1.82) is 0 Å². The van der Waals surface area contributed by atoms with Crippen molar-refractivity contribution in [3.63, 3.8) is 0 Å². The Morgan fingerprint density at radius 3 is 0.821 bits per heavy atom. The first kappa shape index (κ1) is 86.4. The summed E-state index contributed by atoms with van der Waals surface area (Å²) < 4.78 is 11.1. The molecule has 30 aromatic rings. The number of pyridine rings is 15. The third kappa shape index (κ3) is 12.4. The topological polar surface area (TPSA) is 215 Å². The maximum Gasteiger partial charge on any atom is 0.165 e. The summed E-state index contributed by atoms with van der Waals surface area (Å²) in [5.74, 6) is 0. The monoisotopic (exact) mass is 1870 g/mol. The van der Waals surface area contributed by atoms with Crippen LogP contribution >= 0.6 is 0 Å². The van der Waals surface area contributed by atoms with Gasteiger partial charge in [-0.1, -0.05) is 195 Å². The highest BCUT2D eigenvalue weighted by Crippen LogP contribution is 2.50. The second-order valence-electron chi connectivity index (χ2n) is 36.9. The van der Waals surface area contributed by atoms with Gasteiger partial charge in [-0.3, -0.25) is 61.9 Å². The van der Waals surface area contributed by atoms with Crippen LogP contribution in [0.15, 0.2) is 366 Å². The van der Waals surface area contributed by atoms with E-state index < -0.39 is 0 Å². The highest BCUT2D eigenvalue weighted by molar-refractivity contribution is 6.20. The Balaban J connectivity index is 0.0000000915. The fraction of sp³-hybridized carbons (Fsp3) is 0.0800. The molecular weight excluding hydrogens is 1780 g/mol. The van der Waals surface area contributed by atoms with Crippen LogP contribution in [-0.2, 0) is 32.1 Å². The maximum atomic E-state index is 5.17. The molecule has 35 rings (SSSR count). The molecule has 0 radical (unpaired) electrons. The van der Waals surface area contributed by atoms with Gasteiger partial charge >= 0.3 is 0 Å². The lowest BCUT2D eigenvalue weighted by atomic mass is 10.0. The third-order valence-electron chi connectivity index (χ3n) is 29.7. The first-order chi connectivity index (χ1) is 69.5. The Morgan fingerprint density at radius 1 is 0.152 bits per heavy atom. The van der Waals surface area contributed by atoms with Gasteiger partial charge in [0, 0.05) is 173 Å². The third-order valence-corrected chi connectivity index (χ3v) is 29.7. The molecule has 690 valence electrons. The van der Waals surface area contributed by atoms with Crippen LogP contribution in [-0.4, -0.2) is 96.8 Å². The molecule has 20 heteroatoms. The van der Waals surface area contributed by atoms with Gasteiger partial charge in [0.1, 0.15) is 39.4 Å². The summed E-state index contributed by atoms with van der Waals surface area (Å²) in [7, 11) is 0. The van der Waals surface area contributed by atoms with Gasteiger partial charge in [0.05, 0.1) is 95.8 Å². The number of imidazole rings is 5. The summed E-state index contributed by atoms with van der Waals surface area (Å²) >= 11 is 0. The molecule has 20 heterocycles. The van der Waals surface area contributed by atoms with Crippen molar-refractivity contribution in [3.05, 3.63) is 422 Å². The molecule has 10 aromatic carbocycles. The molecular formula is C125H90N20. The van der Waals surface area contributed by atoms with Gasteiger partial charge in [0.25, 0.3) is 0 Å². The lowest BCUT2D eigenvalue weighted by Crippen LogP contribution is -1.94. The van der Waals surface area contributed by atoms with E-state index in [4.69, 9.17) is 34.9 Å². The highest BCUT2D eigenvalue weighted by atomic mass is 15.1. The first-order valence-electron chi connectivity index (χ1n) is 47.1. The van der Waals surface area contributed by atoms with Gasteiger partial charge in [-0.25, -0.2) is 34.9 Å². The van der Waals surface area contributed by atoms with Crippen LogP contribution in [0.3, 0.4) is 0 Å². The van der Waals surface area contributed by atoms with E-state index in [9.17, 15) is 0 Å². The minimum Gasteiger partial charge on any atom is -0.290 e. The van der Waals surface area contributed by atoms with Crippen molar-refractivity contribution < 1.29 is 0 Å². The molecule has 0 bridgehead atoms.